The lowest BCUT2D eigenvalue weighted by Gasteiger charge is -2.43. The van der Waals surface area contributed by atoms with Crippen LogP contribution in [-0.4, -0.2) is 41.3 Å². The van der Waals surface area contributed by atoms with Crippen molar-refractivity contribution in [3.63, 3.8) is 0 Å². The minimum atomic E-state index is -0.505. The monoisotopic (exact) mass is 214 g/mol. The quantitative estimate of drug-likeness (QED) is 0.739. The highest BCUT2D eigenvalue weighted by Gasteiger charge is 2.38. The Morgan fingerprint density at radius 3 is 2.20 bits per heavy atom. The van der Waals surface area contributed by atoms with Crippen LogP contribution < -0.4 is 5.73 Å². The number of nitrogens with two attached hydrogens (primary N) is 1. The second-order valence-electron chi connectivity index (χ2n) is 5.07. The molecule has 1 rings (SSSR count). The molecule has 1 saturated heterocycles. The lowest BCUT2D eigenvalue weighted by molar-refractivity contribution is -0.0699. The van der Waals surface area contributed by atoms with Crippen LogP contribution in [0.1, 0.15) is 40.0 Å². The summed E-state index contributed by atoms with van der Waals surface area (Å²) in [5.41, 5.74) is 5.22. The summed E-state index contributed by atoms with van der Waals surface area (Å²) in [5.74, 6) is 0.270. The first kappa shape index (κ1) is 12.9. The van der Waals surface area contributed by atoms with Crippen molar-refractivity contribution in [1.29, 1.82) is 0 Å². The summed E-state index contributed by atoms with van der Waals surface area (Å²) in [6.45, 7) is 9.16. The molecule has 0 radical (unpaired) electrons. The molecule has 0 amide bonds. The van der Waals surface area contributed by atoms with E-state index in [9.17, 15) is 5.11 Å². The Hall–Kier alpha value is -0.120. The smallest absolute Gasteiger partial charge is 0.0712 e. The van der Waals surface area contributed by atoms with E-state index in [1.54, 1.807) is 0 Å². The number of nitrogens with zero attached hydrogens (tertiary/aromatic N) is 1. The third-order valence-electron chi connectivity index (χ3n) is 3.93. The lowest BCUT2D eigenvalue weighted by Crippen LogP contribution is -2.52. The molecule has 0 saturated carbocycles. The van der Waals surface area contributed by atoms with Gasteiger partial charge in [-0.3, -0.25) is 0 Å². The van der Waals surface area contributed by atoms with Gasteiger partial charge in [-0.25, -0.2) is 0 Å². The van der Waals surface area contributed by atoms with Crippen molar-refractivity contribution in [1.82, 2.24) is 4.90 Å². The molecule has 1 atom stereocenters. The van der Waals surface area contributed by atoms with Crippen molar-refractivity contribution < 1.29 is 5.11 Å². The second-order valence-corrected chi connectivity index (χ2v) is 5.07. The molecule has 3 N–H and O–H groups in total. The van der Waals surface area contributed by atoms with Crippen LogP contribution in [0.2, 0.25) is 0 Å². The average Bonchev–Trinajstić information content (AvgIpc) is 2.19. The first-order valence-corrected chi connectivity index (χ1v) is 6.20. The van der Waals surface area contributed by atoms with Gasteiger partial charge in [-0.1, -0.05) is 6.92 Å². The van der Waals surface area contributed by atoms with Crippen molar-refractivity contribution in [2.24, 2.45) is 11.7 Å². The average molecular weight is 214 g/mol. The van der Waals surface area contributed by atoms with Crippen LogP contribution in [0.5, 0.6) is 0 Å². The van der Waals surface area contributed by atoms with Crippen LogP contribution in [0.3, 0.4) is 0 Å². The summed E-state index contributed by atoms with van der Waals surface area (Å²) >= 11 is 0. The van der Waals surface area contributed by atoms with Gasteiger partial charge in [-0.2, -0.15) is 0 Å². The molecular weight excluding hydrogens is 188 g/mol. The maximum absolute atomic E-state index is 10.5. The molecule has 3 nitrogen and oxygen atoms in total. The van der Waals surface area contributed by atoms with E-state index in [0.29, 0.717) is 12.6 Å². The predicted molar refractivity (Wildman–Crippen MR) is 63.7 cm³/mol. The molecule has 1 unspecified atom stereocenters. The second kappa shape index (κ2) is 5.28. The summed E-state index contributed by atoms with van der Waals surface area (Å²) in [6.07, 6.45) is 2.73. The molecular formula is C12H26N2O. The lowest BCUT2D eigenvalue weighted by atomic mass is 9.78. The van der Waals surface area contributed by atoms with E-state index in [1.165, 1.54) is 0 Å². The molecule has 0 aromatic carbocycles. The standard InChI is InChI=1S/C12H26N2O/c1-4-11(9-13)12(15)5-7-14(8-6-12)10(2)3/h10-11,15H,4-9,13H2,1-3H3. The van der Waals surface area contributed by atoms with Crippen LogP contribution in [0.4, 0.5) is 0 Å². The van der Waals surface area contributed by atoms with E-state index in [0.717, 1.165) is 32.4 Å². The van der Waals surface area contributed by atoms with Gasteiger partial charge in [-0.05, 0) is 45.6 Å². The summed E-state index contributed by atoms with van der Waals surface area (Å²) in [5, 5.41) is 10.5. The van der Waals surface area contributed by atoms with E-state index < -0.39 is 5.60 Å². The fourth-order valence-corrected chi connectivity index (χ4v) is 2.60. The molecule has 0 aliphatic carbocycles. The first-order valence-electron chi connectivity index (χ1n) is 6.20. The number of piperidine rings is 1. The number of rotatable bonds is 4. The van der Waals surface area contributed by atoms with E-state index in [-0.39, 0.29) is 5.92 Å². The minimum Gasteiger partial charge on any atom is -0.389 e. The van der Waals surface area contributed by atoms with Crippen LogP contribution in [0.25, 0.3) is 0 Å². The van der Waals surface area contributed by atoms with Gasteiger partial charge in [0.05, 0.1) is 5.60 Å². The number of hydrogen-bond donors (Lipinski definition) is 2. The molecule has 1 aliphatic rings. The van der Waals surface area contributed by atoms with Crippen LogP contribution in [0, 0.1) is 5.92 Å². The zero-order valence-corrected chi connectivity index (χ0v) is 10.4. The highest BCUT2D eigenvalue weighted by Crippen LogP contribution is 2.31. The van der Waals surface area contributed by atoms with Gasteiger partial charge < -0.3 is 15.7 Å². The molecule has 0 aromatic heterocycles. The maximum Gasteiger partial charge on any atom is 0.0712 e. The molecule has 1 fully saturated rings. The van der Waals surface area contributed by atoms with Gasteiger partial charge in [0.15, 0.2) is 0 Å². The van der Waals surface area contributed by atoms with Gasteiger partial charge >= 0.3 is 0 Å². The topological polar surface area (TPSA) is 49.5 Å². The summed E-state index contributed by atoms with van der Waals surface area (Å²) in [4.78, 5) is 2.43. The minimum absolute atomic E-state index is 0.270. The van der Waals surface area contributed by atoms with E-state index in [4.69, 9.17) is 5.73 Å². The van der Waals surface area contributed by atoms with E-state index >= 15 is 0 Å². The third-order valence-corrected chi connectivity index (χ3v) is 3.93. The Balaban J connectivity index is 2.53. The highest BCUT2D eigenvalue weighted by atomic mass is 16.3. The van der Waals surface area contributed by atoms with Crippen molar-refractivity contribution in [2.75, 3.05) is 19.6 Å². The maximum atomic E-state index is 10.5. The van der Waals surface area contributed by atoms with Gasteiger partial charge in [0, 0.05) is 19.1 Å². The third kappa shape index (κ3) is 2.92. The zero-order valence-electron chi connectivity index (χ0n) is 10.4. The Labute approximate surface area is 93.6 Å². The fraction of sp³-hybridized carbons (Fsp3) is 1.00. The Morgan fingerprint density at radius 1 is 1.33 bits per heavy atom. The molecule has 15 heavy (non-hydrogen) atoms. The normalized spacial score (nSPS) is 24.4. The molecule has 3 heteroatoms. The number of aliphatic hydroxyl groups is 1. The van der Waals surface area contributed by atoms with E-state index in [1.807, 2.05) is 0 Å². The molecule has 1 aliphatic heterocycles. The zero-order chi connectivity index (χ0) is 11.5. The Morgan fingerprint density at radius 2 is 1.87 bits per heavy atom. The van der Waals surface area contributed by atoms with Crippen molar-refractivity contribution >= 4 is 0 Å². The van der Waals surface area contributed by atoms with Gasteiger partial charge in [-0.15, -0.1) is 0 Å². The summed E-state index contributed by atoms with van der Waals surface area (Å²) in [7, 11) is 0. The van der Waals surface area contributed by atoms with Crippen molar-refractivity contribution in [2.45, 2.75) is 51.7 Å². The molecule has 1 heterocycles. The molecule has 0 aromatic rings. The van der Waals surface area contributed by atoms with Gasteiger partial charge in [0.1, 0.15) is 0 Å². The number of likely N-dealkylation sites (tertiary alicyclic amines) is 1. The van der Waals surface area contributed by atoms with Crippen molar-refractivity contribution in [3.8, 4) is 0 Å². The molecule has 0 bridgehead atoms. The SMILES string of the molecule is CCC(CN)C1(O)CCN(C(C)C)CC1. The van der Waals surface area contributed by atoms with Crippen molar-refractivity contribution in [3.05, 3.63) is 0 Å². The molecule has 90 valence electrons. The van der Waals surface area contributed by atoms with Crippen LogP contribution >= 0.6 is 0 Å². The summed E-state index contributed by atoms with van der Waals surface area (Å²) in [6, 6.07) is 0.590. The highest BCUT2D eigenvalue weighted by molar-refractivity contribution is 4.92. The van der Waals surface area contributed by atoms with Crippen LogP contribution in [-0.2, 0) is 0 Å². The number of hydrogen-bond acceptors (Lipinski definition) is 3. The Bertz CT molecular complexity index is 182. The van der Waals surface area contributed by atoms with Gasteiger partial charge in [0.25, 0.3) is 0 Å². The van der Waals surface area contributed by atoms with E-state index in [2.05, 4.69) is 25.7 Å². The summed E-state index contributed by atoms with van der Waals surface area (Å²) < 4.78 is 0. The fourth-order valence-electron chi connectivity index (χ4n) is 2.60. The van der Waals surface area contributed by atoms with Gasteiger partial charge in [0.2, 0.25) is 0 Å². The first-order chi connectivity index (χ1) is 7.03. The van der Waals surface area contributed by atoms with Crippen LogP contribution in [0.15, 0.2) is 0 Å². The Kier molecular flexibility index (Phi) is 4.56. The largest absolute Gasteiger partial charge is 0.389 e. The molecule has 0 spiro atoms. The predicted octanol–water partition coefficient (Wildman–Crippen LogP) is 1.21.